The van der Waals surface area contributed by atoms with Crippen molar-refractivity contribution < 1.29 is 4.74 Å². The molecule has 2 nitrogen and oxygen atoms in total. The number of likely N-dealkylation sites (N-methyl/N-ethyl adjacent to an activating group) is 1. The highest BCUT2D eigenvalue weighted by Crippen LogP contribution is 2.57. The first kappa shape index (κ1) is 14.0. The molecule has 3 rings (SSSR count). The number of thiol groups is 2. The molecule has 0 spiro atoms. The van der Waals surface area contributed by atoms with E-state index in [2.05, 4.69) is 48.8 Å². The van der Waals surface area contributed by atoms with Crippen LogP contribution in [-0.4, -0.2) is 13.6 Å². The third kappa shape index (κ3) is 2.37. The van der Waals surface area contributed by atoms with Crippen molar-refractivity contribution in [2.45, 2.75) is 21.5 Å². The molecule has 20 heavy (non-hydrogen) atoms. The summed E-state index contributed by atoms with van der Waals surface area (Å²) < 4.78 is 6.10. The summed E-state index contributed by atoms with van der Waals surface area (Å²) in [5.74, 6) is 0. The molecule has 1 heterocycles. The van der Waals surface area contributed by atoms with Crippen molar-refractivity contribution in [1.82, 2.24) is 5.32 Å². The maximum atomic E-state index is 6.10. The Morgan fingerprint density at radius 2 is 1.80 bits per heavy atom. The molecule has 104 valence electrons. The summed E-state index contributed by atoms with van der Waals surface area (Å²) in [7, 11) is 1.94. The molecule has 0 amide bonds. The molecule has 1 aliphatic heterocycles. The molecule has 0 saturated carbocycles. The molecular weight excluding hydrogens is 286 g/mol. The molecule has 0 aliphatic carbocycles. The van der Waals surface area contributed by atoms with Crippen LogP contribution in [0.15, 0.2) is 58.3 Å². The molecule has 0 aromatic heterocycles. The van der Waals surface area contributed by atoms with Crippen LogP contribution in [0.5, 0.6) is 0 Å². The molecule has 1 N–H and O–H groups in total. The quantitative estimate of drug-likeness (QED) is 0.595. The minimum Gasteiger partial charge on any atom is -0.354 e. The Balaban J connectivity index is 1.96. The van der Waals surface area contributed by atoms with Gasteiger partial charge < -0.3 is 10.1 Å². The van der Waals surface area contributed by atoms with Crippen LogP contribution in [0.4, 0.5) is 0 Å². The van der Waals surface area contributed by atoms with E-state index in [1.807, 2.05) is 37.4 Å². The van der Waals surface area contributed by atoms with Crippen LogP contribution in [-0.2, 0) is 10.3 Å². The van der Waals surface area contributed by atoms with Crippen molar-refractivity contribution in [2.75, 3.05) is 13.6 Å². The van der Waals surface area contributed by atoms with Gasteiger partial charge in [0.2, 0.25) is 0 Å². The second kappa shape index (κ2) is 5.45. The fraction of sp³-hybridized carbons (Fsp3) is 0.250. The number of nitrogens with one attached hydrogen (secondary N) is 1. The van der Waals surface area contributed by atoms with Crippen molar-refractivity contribution in [1.29, 1.82) is 0 Å². The van der Waals surface area contributed by atoms with Gasteiger partial charge in [-0.05, 0) is 30.8 Å². The molecule has 2 atom stereocenters. The highest BCUT2D eigenvalue weighted by atomic mass is 32.1. The Morgan fingerprint density at radius 3 is 2.45 bits per heavy atom. The van der Waals surface area contributed by atoms with Crippen molar-refractivity contribution in [3.8, 4) is 0 Å². The molecule has 2 aromatic rings. The minimum absolute atomic E-state index is 0.0668. The van der Waals surface area contributed by atoms with Gasteiger partial charge in [0.25, 0.3) is 0 Å². The fourth-order valence-electron chi connectivity index (χ4n) is 2.69. The van der Waals surface area contributed by atoms with E-state index in [-0.39, 0.29) is 11.7 Å². The molecule has 1 fully saturated rings. The first-order valence-corrected chi connectivity index (χ1v) is 7.46. The number of hydrogen-bond donors (Lipinski definition) is 3. The molecule has 0 bridgehead atoms. The van der Waals surface area contributed by atoms with Gasteiger partial charge in [0.05, 0.1) is 0 Å². The van der Waals surface area contributed by atoms with Crippen LogP contribution in [0.2, 0.25) is 0 Å². The summed E-state index contributed by atoms with van der Waals surface area (Å²) >= 11 is 8.90. The van der Waals surface area contributed by atoms with Gasteiger partial charge in [-0.3, -0.25) is 0 Å². The van der Waals surface area contributed by atoms with Gasteiger partial charge in [-0.15, -0.1) is 25.3 Å². The normalized spacial score (nSPS) is 24.6. The molecule has 1 saturated heterocycles. The Labute approximate surface area is 130 Å². The van der Waals surface area contributed by atoms with E-state index in [1.54, 1.807) is 0 Å². The molecule has 4 heteroatoms. The standard InChI is InChI=1S/C16H17NOS2/c1-17-10-16(13-4-2-3-5-14(13)20)15(18-16)11-6-8-12(19)9-7-11/h2-9,15,17,19-20H,10H2,1H3. The Hall–Kier alpha value is -0.940. The predicted molar refractivity (Wildman–Crippen MR) is 86.8 cm³/mol. The summed E-state index contributed by atoms with van der Waals surface area (Å²) in [6.07, 6.45) is 0.0668. The average Bonchev–Trinajstić information content (AvgIpc) is 3.16. The van der Waals surface area contributed by atoms with Crippen LogP contribution in [0.3, 0.4) is 0 Å². The van der Waals surface area contributed by atoms with Gasteiger partial charge in [-0.2, -0.15) is 0 Å². The van der Waals surface area contributed by atoms with Crippen LogP contribution >= 0.6 is 25.3 Å². The van der Waals surface area contributed by atoms with E-state index in [1.165, 1.54) is 5.56 Å². The third-order valence-corrected chi connectivity index (χ3v) is 4.38. The smallest absolute Gasteiger partial charge is 0.138 e. The van der Waals surface area contributed by atoms with Crippen LogP contribution < -0.4 is 5.32 Å². The molecule has 1 aliphatic rings. The number of epoxide rings is 1. The summed E-state index contributed by atoms with van der Waals surface area (Å²) in [6, 6.07) is 16.3. The molecule has 2 aromatic carbocycles. The lowest BCUT2D eigenvalue weighted by Gasteiger charge is -2.15. The first-order valence-electron chi connectivity index (χ1n) is 6.57. The van der Waals surface area contributed by atoms with Crippen molar-refractivity contribution in [2.24, 2.45) is 0 Å². The van der Waals surface area contributed by atoms with E-state index in [0.717, 1.165) is 21.9 Å². The van der Waals surface area contributed by atoms with Gasteiger partial charge in [0.15, 0.2) is 0 Å². The highest BCUT2D eigenvalue weighted by Gasteiger charge is 2.58. The van der Waals surface area contributed by atoms with Crippen molar-refractivity contribution in [3.63, 3.8) is 0 Å². The van der Waals surface area contributed by atoms with Crippen molar-refractivity contribution >= 4 is 25.3 Å². The second-order valence-corrected chi connectivity index (χ2v) is 6.02. The summed E-state index contributed by atoms with van der Waals surface area (Å²) in [5, 5.41) is 3.23. The lowest BCUT2D eigenvalue weighted by Crippen LogP contribution is -2.26. The maximum absolute atomic E-state index is 6.10. The number of hydrogen-bond acceptors (Lipinski definition) is 4. The summed E-state index contributed by atoms with van der Waals surface area (Å²) in [5.41, 5.74) is 2.00. The lowest BCUT2D eigenvalue weighted by atomic mass is 9.91. The molecule has 2 unspecified atom stereocenters. The third-order valence-electron chi connectivity index (χ3n) is 3.69. The van der Waals surface area contributed by atoms with E-state index in [9.17, 15) is 0 Å². The average molecular weight is 303 g/mol. The Kier molecular flexibility index (Phi) is 3.82. The van der Waals surface area contributed by atoms with Crippen LogP contribution in [0.1, 0.15) is 17.2 Å². The lowest BCUT2D eigenvalue weighted by molar-refractivity contribution is 0.289. The monoisotopic (exact) mass is 303 g/mol. The van der Waals surface area contributed by atoms with E-state index in [4.69, 9.17) is 4.74 Å². The van der Waals surface area contributed by atoms with Gasteiger partial charge in [0.1, 0.15) is 11.7 Å². The predicted octanol–water partition coefficient (Wildman–Crippen LogP) is 3.45. The minimum atomic E-state index is -0.314. The van der Waals surface area contributed by atoms with E-state index in [0.29, 0.717) is 0 Å². The topological polar surface area (TPSA) is 24.6 Å². The molecular formula is C16H17NOS2. The Bertz CT molecular complexity index is 614. The zero-order valence-corrected chi connectivity index (χ0v) is 13.0. The summed E-state index contributed by atoms with van der Waals surface area (Å²) in [6.45, 7) is 0.762. The SMILES string of the molecule is CNCC1(c2ccccc2S)OC1c1ccc(S)cc1. The van der Waals surface area contributed by atoms with E-state index < -0.39 is 0 Å². The summed E-state index contributed by atoms with van der Waals surface area (Å²) in [4.78, 5) is 1.93. The maximum Gasteiger partial charge on any atom is 0.138 e. The van der Waals surface area contributed by atoms with Gasteiger partial charge >= 0.3 is 0 Å². The zero-order valence-electron chi connectivity index (χ0n) is 11.2. The van der Waals surface area contributed by atoms with Crippen LogP contribution in [0.25, 0.3) is 0 Å². The largest absolute Gasteiger partial charge is 0.354 e. The van der Waals surface area contributed by atoms with Gasteiger partial charge in [-0.1, -0.05) is 30.3 Å². The number of rotatable bonds is 4. The second-order valence-electron chi connectivity index (χ2n) is 5.03. The number of ether oxygens (including phenoxy) is 1. The van der Waals surface area contributed by atoms with E-state index >= 15 is 0 Å². The van der Waals surface area contributed by atoms with Gasteiger partial charge in [-0.25, -0.2) is 0 Å². The van der Waals surface area contributed by atoms with Gasteiger partial charge in [0, 0.05) is 21.9 Å². The first-order chi connectivity index (χ1) is 9.67. The number of benzene rings is 2. The Morgan fingerprint density at radius 1 is 1.10 bits per heavy atom. The molecule has 0 radical (unpaired) electrons. The van der Waals surface area contributed by atoms with Crippen molar-refractivity contribution in [3.05, 3.63) is 59.7 Å². The fourth-order valence-corrected chi connectivity index (χ4v) is 3.19. The van der Waals surface area contributed by atoms with Crippen LogP contribution in [0, 0.1) is 0 Å². The zero-order chi connectivity index (χ0) is 14.2. The highest BCUT2D eigenvalue weighted by molar-refractivity contribution is 7.80.